The molecule has 0 aliphatic heterocycles. The number of ketones is 1. The van der Waals surface area contributed by atoms with E-state index in [-0.39, 0.29) is 18.6 Å². The normalized spacial score (nSPS) is 15.8. The van der Waals surface area contributed by atoms with Gasteiger partial charge in [-0.1, -0.05) is 41.7 Å². The number of carboxylic acids is 1. The summed E-state index contributed by atoms with van der Waals surface area (Å²) in [5.41, 5.74) is 0. The standard InChI is InChI=1S/C8H11Cl3O4/c1-2-4(12)3-5(8(9,10)11)6(13)7(14)15/h5-6,13H,2-3H2,1H3,(H,14,15). The lowest BCUT2D eigenvalue weighted by Gasteiger charge is -2.25. The third-order valence-electron chi connectivity index (χ3n) is 1.90. The molecular weight excluding hydrogens is 266 g/mol. The van der Waals surface area contributed by atoms with E-state index in [1.165, 1.54) is 0 Å². The molecule has 0 bridgehead atoms. The summed E-state index contributed by atoms with van der Waals surface area (Å²) in [4.78, 5) is 21.6. The van der Waals surface area contributed by atoms with E-state index in [0.717, 1.165) is 0 Å². The van der Waals surface area contributed by atoms with Gasteiger partial charge in [0.2, 0.25) is 0 Å². The maximum Gasteiger partial charge on any atom is 0.332 e. The van der Waals surface area contributed by atoms with Crippen molar-refractivity contribution >= 4 is 46.6 Å². The first-order valence-corrected chi connectivity index (χ1v) is 5.32. The molecule has 0 saturated carbocycles. The van der Waals surface area contributed by atoms with Crippen molar-refractivity contribution in [1.29, 1.82) is 0 Å². The van der Waals surface area contributed by atoms with Crippen LogP contribution < -0.4 is 0 Å². The average Bonchev–Trinajstić information content (AvgIpc) is 2.10. The van der Waals surface area contributed by atoms with Gasteiger partial charge in [0.05, 0.1) is 0 Å². The van der Waals surface area contributed by atoms with Crippen LogP contribution >= 0.6 is 34.8 Å². The van der Waals surface area contributed by atoms with E-state index in [2.05, 4.69) is 0 Å². The quantitative estimate of drug-likeness (QED) is 0.751. The van der Waals surface area contributed by atoms with Crippen molar-refractivity contribution in [3.05, 3.63) is 0 Å². The van der Waals surface area contributed by atoms with Crippen molar-refractivity contribution in [3.8, 4) is 0 Å². The number of aliphatic hydroxyl groups excluding tert-OH is 1. The Morgan fingerprint density at radius 3 is 2.07 bits per heavy atom. The van der Waals surface area contributed by atoms with E-state index in [0.29, 0.717) is 0 Å². The number of alkyl halides is 3. The number of rotatable bonds is 5. The Labute approximate surface area is 102 Å². The van der Waals surface area contributed by atoms with Crippen molar-refractivity contribution in [3.63, 3.8) is 0 Å². The second-order valence-corrected chi connectivity index (χ2v) is 5.40. The van der Waals surface area contributed by atoms with Gasteiger partial charge in [0.15, 0.2) is 9.90 Å². The van der Waals surface area contributed by atoms with Gasteiger partial charge in [0.25, 0.3) is 0 Å². The Morgan fingerprint density at radius 2 is 1.80 bits per heavy atom. The molecule has 2 N–H and O–H groups in total. The number of Topliss-reactive ketones (excluding diaryl/α,β-unsaturated/α-hetero) is 1. The zero-order valence-corrected chi connectivity index (χ0v) is 10.2. The summed E-state index contributed by atoms with van der Waals surface area (Å²) in [6.45, 7) is 1.60. The minimum atomic E-state index is -1.98. The van der Waals surface area contributed by atoms with Gasteiger partial charge in [0, 0.05) is 18.8 Å². The smallest absolute Gasteiger partial charge is 0.332 e. The second kappa shape index (κ2) is 5.89. The first kappa shape index (κ1) is 15.0. The molecule has 0 aromatic heterocycles. The third-order valence-corrected chi connectivity index (χ3v) is 2.74. The van der Waals surface area contributed by atoms with Crippen LogP contribution in [0.1, 0.15) is 19.8 Å². The van der Waals surface area contributed by atoms with Crippen molar-refractivity contribution in [2.75, 3.05) is 0 Å². The van der Waals surface area contributed by atoms with E-state index in [9.17, 15) is 14.7 Å². The molecule has 0 amide bonds. The number of hydrogen-bond acceptors (Lipinski definition) is 3. The minimum Gasteiger partial charge on any atom is -0.479 e. The number of carboxylic acid groups (broad SMARTS) is 1. The molecule has 0 saturated heterocycles. The minimum absolute atomic E-state index is 0.198. The molecule has 0 spiro atoms. The molecule has 88 valence electrons. The van der Waals surface area contributed by atoms with Crippen LogP contribution in [-0.2, 0) is 9.59 Å². The fraction of sp³-hybridized carbons (Fsp3) is 0.750. The maximum absolute atomic E-state index is 11.1. The summed E-state index contributed by atoms with van der Waals surface area (Å²) in [7, 11) is 0. The van der Waals surface area contributed by atoms with E-state index in [4.69, 9.17) is 39.9 Å². The van der Waals surface area contributed by atoms with Gasteiger partial charge in [0.1, 0.15) is 5.78 Å². The van der Waals surface area contributed by atoms with E-state index in [1.54, 1.807) is 6.92 Å². The Balaban J connectivity index is 4.74. The van der Waals surface area contributed by atoms with Crippen LogP contribution in [0.2, 0.25) is 0 Å². The summed E-state index contributed by atoms with van der Waals surface area (Å²) in [5.74, 6) is -3.03. The molecule has 0 heterocycles. The molecule has 0 radical (unpaired) electrons. The SMILES string of the molecule is CCC(=O)CC(C(O)C(=O)O)C(Cl)(Cl)Cl. The van der Waals surface area contributed by atoms with Crippen LogP contribution in [-0.4, -0.2) is 31.9 Å². The second-order valence-electron chi connectivity index (χ2n) is 3.03. The van der Waals surface area contributed by atoms with Crippen LogP contribution in [0.25, 0.3) is 0 Å². The van der Waals surface area contributed by atoms with Gasteiger partial charge >= 0.3 is 5.97 Å². The Bertz CT molecular complexity index is 249. The largest absolute Gasteiger partial charge is 0.479 e. The van der Waals surface area contributed by atoms with Crippen LogP contribution in [0.15, 0.2) is 0 Å². The molecule has 15 heavy (non-hydrogen) atoms. The van der Waals surface area contributed by atoms with Crippen LogP contribution in [0, 0.1) is 5.92 Å². The van der Waals surface area contributed by atoms with Crippen molar-refractivity contribution < 1.29 is 19.8 Å². The molecule has 2 atom stereocenters. The molecule has 2 unspecified atom stereocenters. The van der Waals surface area contributed by atoms with Gasteiger partial charge in [-0.25, -0.2) is 4.79 Å². The number of carbonyl (C=O) groups excluding carboxylic acids is 1. The molecule has 0 fully saturated rings. The van der Waals surface area contributed by atoms with Gasteiger partial charge in [-0.05, 0) is 0 Å². The summed E-state index contributed by atoms with van der Waals surface area (Å²) >= 11 is 16.5. The topological polar surface area (TPSA) is 74.6 Å². The van der Waals surface area contributed by atoms with E-state index >= 15 is 0 Å². The number of aliphatic carboxylic acids is 1. The lowest BCUT2D eigenvalue weighted by Crippen LogP contribution is -2.38. The molecular formula is C8H11Cl3O4. The molecule has 0 aromatic rings. The predicted molar refractivity (Wildman–Crippen MR) is 57.3 cm³/mol. The molecule has 0 rings (SSSR count). The zero-order chi connectivity index (χ0) is 12.2. The van der Waals surface area contributed by atoms with Crippen molar-refractivity contribution in [2.24, 2.45) is 5.92 Å². The predicted octanol–water partition coefficient (Wildman–Crippen LogP) is 1.79. The Hall–Kier alpha value is -0.0300. The highest BCUT2D eigenvalue weighted by atomic mass is 35.6. The Morgan fingerprint density at radius 1 is 1.33 bits per heavy atom. The first-order valence-electron chi connectivity index (χ1n) is 4.19. The maximum atomic E-state index is 11.1. The molecule has 0 aromatic carbocycles. The first-order chi connectivity index (χ1) is 6.70. The molecule has 4 nitrogen and oxygen atoms in total. The van der Waals surface area contributed by atoms with Crippen LogP contribution in [0.5, 0.6) is 0 Å². The van der Waals surface area contributed by atoms with Gasteiger partial charge in [-0.2, -0.15) is 0 Å². The average molecular weight is 278 g/mol. The number of carbonyl (C=O) groups is 2. The van der Waals surface area contributed by atoms with Gasteiger partial charge in [-0.15, -0.1) is 0 Å². The van der Waals surface area contributed by atoms with Crippen LogP contribution in [0.4, 0.5) is 0 Å². The summed E-state index contributed by atoms with van der Waals surface area (Å²) < 4.78 is -1.98. The lowest BCUT2D eigenvalue weighted by atomic mass is 9.96. The highest BCUT2D eigenvalue weighted by Gasteiger charge is 2.42. The number of hydrogen-bond donors (Lipinski definition) is 2. The monoisotopic (exact) mass is 276 g/mol. The third kappa shape index (κ3) is 5.02. The number of halogens is 3. The van der Waals surface area contributed by atoms with Crippen molar-refractivity contribution in [1.82, 2.24) is 0 Å². The highest BCUT2D eigenvalue weighted by molar-refractivity contribution is 6.67. The van der Waals surface area contributed by atoms with Crippen molar-refractivity contribution in [2.45, 2.75) is 29.7 Å². The highest BCUT2D eigenvalue weighted by Crippen LogP contribution is 2.39. The van der Waals surface area contributed by atoms with E-state index < -0.39 is 21.8 Å². The molecule has 0 aliphatic rings. The van der Waals surface area contributed by atoms with E-state index in [1.807, 2.05) is 0 Å². The lowest BCUT2D eigenvalue weighted by molar-refractivity contribution is -0.150. The summed E-state index contributed by atoms with van der Waals surface area (Å²) in [5, 5.41) is 17.8. The number of aliphatic hydroxyl groups is 1. The zero-order valence-electron chi connectivity index (χ0n) is 7.91. The fourth-order valence-corrected chi connectivity index (χ4v) is 1.56. The Kier molecular flexibility index (Phi) is 5.88. The summed E-state index contributed by atoms with van der Waals surface area (Å²) in [6, 6.07) is 0. The molecule has 0 aliphatic carbocycles. The fourth-order valence-electron chi connectivity index (χ4n) is 0.968. The van der Waals surface area contributed by atoms with Crippen LogP contribution in [0.3, 0.4) is 0 Å². The molecule has 7 heteroatoms. The van der Waals surface area contributed by atoms with Gasteiger partial charge in [-0.3, -0.25) is 4.79 Å². The van der Waals surface area contributed by atoms with Gasteiger partial charge < -0.3 is 10.2 Å². The summed E-state index contributed by atoms with van der Waals surface area (Å²) in [6.07, 6.45) is -1.95.